The van der Waals surface area contributed by atoms with Crippen LogP contribution in [0.25, 0.3) is 0 Å². The predicted octanol–water partition coefficient (Wildman–Crippen LogP) is 5.86. The van der Waals surface area contributed by atoms with E-state index in [2.05, 4.69) is 17.6 Å². The second kappa shape index (κ2) is 16.7. The van der Waals surface area contributed by atoms with Crippen molar-refractivity contribution in [3.05, 3.63) is 11.5 Å². The van der Waals surface area contributed by atoms with Gasteiger partial charge in [0.2, 0.25) is 0 Å². The maximum Gasteiger partial charge on any atom is 0.315 e. The quantitative estimate of drug-likeness (QED) is 0.269. The smallest absolute Gasteiger partial charge is 0.315 e. The first-order valence-corrected chi connectivity index (χ1v) is 13.7. The Hall–Kier alpha value is -1.04. The second-order valence-electron chi connectivity index (χ2n) is 8.47. The Balaban J connectivity index is 1.76. The summed E-state index contributed by atoms with van der Waals surface area (Å²) in [6, 6.07) is -0.677. The van der Waals surface area contributed by atoms with Gasteiger partial charge in [0.15, 0.2) is 9.84 Å². The van der Waals surface area contributed by atoms with E-state index < -0.39 is 15.9 Å². The lowest BCUT2D eigenvalue weighted by Gasteiger charge is -2.11. The van der Waals surface area contributed by atoms with Crippen molar-refractivity contribution in [2.45, 2.75) is 116 Å². The summed E-state index contributed by atoms with van der Waals surface area (Å²) in [6.07, 6.45) is 22.9. The predicted molar refractivity (Wildman–Crippen MR) is 123 cm³/mol. The number of hydrogen-bond donors (Lipinski definition) is 2. The molecular formula is C23H44N2O3S. The highest BCUT2D eigenvalue weighted by atomic mass is 32.2. The Morgan fingerprint density at radius 1 is 0.793 bits per heavy atom. The van der Waals surface area contributed by atoms with Crippen molar-refractivity contribution in [3.63, 3.8) is 0 Å². The minimum Gasteiger partial charge on any atom is -0.338 e. The van der Waals surface area contributed by atoms with Gasteiger partial charge in [-0.05, 0) is 12.5 Å². The zero-order chi connectivity index (χ0) is 21.2. The first-order valence-electron chi connectivity index (χ1n) is 12.0. The summed E-state index contributed by atoms with van der Waals surface area (Å²) in [5, 5.41) is 6.65. The molecule has 1 aliphatic rings. The number of carbonyl (C=O) groups excluding carboxylic acids is 1. The maximum atomic E-state index is 11.7. The van der Waals surface area contributed by atoms with E-state index >= 15 is 0 Å². The molecule has 2 N–H and O–H groups in total. The highest BCUT2D eigenvalue weighted by molar-refractivity contribution is 7.94. The molecule has 0 aromatic carbocycles. The third kappa shape index (κ3) is 15.5. The number of urea groups is 1. The molecule has 0 aromatic heterocycles. The lowest BCUT2D eigenvalue weighted by Crippen LogP contribution is -2.42. The lowest BCUT2D eigenvalue weighted by molar-refractivity contribution is 0.239. The van der Waals surface area contributed by atoms with Gasteiger partial charge in [0.1, 0.15) is 0 Å². The average molecular weight is 429 g/mol. The fourth-order valence-corrected chi connectivity index (χ4v) is 5.00. The molecule has 2 amide bonds. The van der Waals surface area contributed by atoms with Crippen LogP contribution in [0.2, 0.25) is 0 Å². The van der Waals surface area contributed by atoms with Gasteiger partial charge in [-0.1, -0.05) is 103 Å². The molecule has 5 nitrogen and oxygen atoms in total. The van der Waals surface area contributed by atoms with Crippen LogP contribution in [0.4, 0.5) is 4.79 Å². The zero-order valence-electron chi connectivity index (χ0n) is 18.6. The van der Waals surface area contributed by atoms with Crippen molar-refractivity contribution in [3.8, 4) is 0 Å². The third-order valence-corrected chi connectivity index (χ3v) is 6.96. The monoisotopic (exact) mass is 428 g/mol. The fourth-order valence-electron chi connectivity index (χ4n) is 3.76. The molecule has 1 aliphatic heterocycles. The van der Waals surface area contributed by atoms with Crippen molar-refractivity contribution in [1.29, 1.82) is 0 Å². The molecule has 1 rings (SSSR count). The number of unbranched alkanes of at least 4 members (excludes halogenated alkanes) is 15. The Morgan fingerprint density at radius 3 is 1.66 bits per heavy atom. The van der Waals surface area contributed by atoms with Gasteiger partial charge in [-0.25, -0.2) is 13.2 Å². The molecule has 0 aromatic rings. The SMILES string of the molecule is CCCCCCCCCCCCCCCCCCNC(=O)NC1C=CS(=O)(=O)C1. The van der Waals surface area contributed by atoms with Crippen molar-refractivity contribution < 1.29 is 13.2 Å². The molecule has 170 valence electrons. The van der Waals surface area contributed by atoms with Crippen molar-refractivity contribution in [2.75, 3.05) is 12.3 Å². The van der Waals surface area contributed by atoms with Crippen molar-refractivity contribution in [1.82, 2.24) is 10.6 Å². The van der Waals surface area contributed by atoms with Crippen LogP contribution in [-0.4, -0.2) is 32.8 Å². The van der Waals surface area contributed by atoms with Gasteiger partial charge in [0, 0.05) is 12.0 Å². The molecule has 1 unspecified atom stereocenters. The molecule has 0 saturated heterocycles. The number of carbonyl (C=O) groups is 1. The molecule has 0 saturated carbocycles. The molecule has 0 aliphatic carbocycles. The summed E-state index contributed by atoms with van der Waals surface area (Å²) in [4.78, 5) is 11.7. The highest BCUT2D eigenvalue weighted by Gasteiger charge is 2.22. The van der Waals surface area contributed by atoms with Crippen LogP contribution in [0.1, 0.15) is 110 Å². The van der Waals surface area contributed by atoms with Crippen LogP contribution in [0.15, 0.2) is 11.5 Å². The standard InChI is InChI=1S/C23H44N2O3S/c1-2-3-4-5-6-7-8-9-10-11-12-13-14-15-16-17-19-24-23(26)25-22-18-20-29(27,28)21-22/h18,20,22H,2-17,19,21H2,1H3,(H2,24,25,26). The maximum absolute atomic E-state index is 11.7. The van der Waals surface area contributed by atoms with Gasteiger partial charge in [-0.3, -0.25) is 0 Å². The van der Waals surface area contributed by atoms with Gasteiger partial charge in [0.25, 0.3) is 0 Å². The van der Waals surface area contributed by atoms with Gasteiger partial charge in [0.05, 0.1) is 11.8 Å². The molecule has 1 heterocycles. The van der Waals surface area contributed by atoms with Crippen molar-refractivity contribution in [2.24, 2.45) is 0 Å². The minimum absolute atomic E-state index is 0.0283. The van der Waals surface area contributed by atoms with E-state index in [0.29, 0.717) is 6.54 Å². The van der Waals surface area contributed by atoms with E-state index in [4.69, 9.17) is 0 Å². The van der Waals surface area contributed by atoms with Crippen LogP contribution in [0.3, 0.4) is 0 Å². The summed E-state index contributed by atoms with van der Waals surface area (Å²) < 4.78 is 22.6. The normalized spacial score (nSPS) is 17.5. The Morgan fingerprint density at radius 2 is 1.24 bits per heavy atom. The zero-order valence-corrected chi connectivity index (χ0v) is 19.4. The Kier molecular flexibility index (Phi) is 15.0. The van der Waals surface area contributed by atoms with Crippen LogP contribution in [0.5, 0.6) is 0 Å². The van der Waals surface area contributed by atoms with Crippen LogP contribution < -0.4 is 10.6 Å². The number of nitrogens with one attached hydrogen (secondary N) is 2. The lowest BCUT2D eigenvalue weighted by atomic mass is 10.0. The molecule has 0 fully saturated rings. The van der Waals surface area contributed by atoms with Crippen LogP contribution in [0, 0.1) is 0 Å². The van der Waals surface area contributed by atoms with Crippen LogP contribution in [-0.2, 0) is 9.84 Å². The fraction of sp³-hybridized carbons (Fsp3) is 0.870. The van der Waals surface area contributed by atoms with E-state index in [0.717, 1.165) is 12.8 Å². The van der Waals surface area contributed by atoms with E-state index in [1.165, 1.54) is 101 Å². The second-order valence-corrected chi connectivity index (χ2v) is 10.4. The Bertz CT molecular complexity index is 546. The first-order chi connectivity index (χ1) is 14.0. The number of hydrogen-bond acceptors (Lipinski definition) is 3. The summed E-state index contributed by atoms with van der Waals surface area (Å²) in [5.41, 5.74) is 0. The molecule has 0 spiro atoms. The van der Waals surface area contributed by atoms with Crippen LogP contribution >= 0.6 is 0 Å². The average Bonchev–Trinajstić information content (AvgIpc) is 3.02. The number of sulfone groups is 1. The summed E-state index contributed by atoms with van der Waals surface area (Å²) in [5.74, 6) is -0.0283. The van der Waals surface area contributed by atoms with E-state index in [-0.39, 0.29) is 11.8 Å². The Labute approximate surface area is 179 Å². The van der Waals surface area contributed by atoms with E-state index in [1.807, 2.05) is 0 Å². The summed E-state index contributed by atoms with van der Waals surface area (Å²) >= 11 is 0. The number of rotatable bonds is 18. The molecule has 1 atom stereocenters. The summed E-state index contributed by atoms with van der Waals surface area (Å²) in [7, 11) is -3.12. The molecular weight excluding hydrogens is 384 g/mol. The highest BCUT2D eigenvalue weighted by Crippen LogP contribution is 2.13. The van der Waals surface area contributed by atoms with Gasteiger partial charge < -0.3 is 10.6 Å². The first kappa shape index (κ1) is 26.0. The number of amides is 2. The van der Waals surface area contributed by atoms with E-state index in [1.54, 1.807) is 0 Å². The topological polar surface area (TPSA) is 75.3 Å². The van der Waals surface area contributed by atoms with Gasteiger partial charge in [-0.2, -0.15) is 0 Å². The van der Waals surface area contributed by atoms with E-state index in [9.17, 15) is 13.2 Å². The molecule has 29 heavy (non-hydrogen) atoms. The molecule has 0 bridgehead atoms. The molecule has 6 heteroatoms. The largest absolute Gasteiger partial charge is 0.338 e. The minimum atomic E-state index is -3.12. The molecule has 0 radical (unpaired) electrons. The van der Waals surface area contributed by atoms with Gasteiger partial charge in [-0.15, -0.1) is 0 Å². The van der Waals surface area contributed by atoms with Crippen molar-refractivity contribution >= 4 is 15.9 Å². The van der Waals surface area contributed by atoms with Gasteiger partial charge >= 0.3 is 6.03 Å². The third-order valence-electron chi connectivity index (χ3n) is 5.56. The summed E-state index contributed by atoms with van der Waals surface area (Å²) in [6.45, 7) is 2.92.